The molecule has 0 aromatic carbocycles. The lowest BCUT2D eigenvalue weighted by Crippen LogP contribution is -2.23. The molecule has 0 aliphatic rings. The van der Waals surface area contributed by atoms with Gasteiger partial charge in [0.05, 0.1) is 0 Å². The van der Waals surface area contributed by atoms with E-state index in [1.165, 1.54) is 11.5 Å². The summed E-state index contributed by atoms with van der Waals surface area (Å²) in [6, 6.07) is 1.65. The largest absolute Gasteiger partial charge is 0.455 e. The quantitative estimate of drug-likeness (QED) is 0.629. The molecule has 3 nitrogen and oxygen atoms in total. The van der Waals surface area contributed by atoms with Gasteiger partial charge in [-0.15, -0.1) is 0 Å². The van der Waals surface area contributed by atoms with Crippen LogP contribution in [0.15, 0.2) is 11.4 Å². The molecule has 0 radical (unpaired) electrons. The molecule has 66 valence electrons. The minimum atomic E-state index is -0.444. The molecule has 0 N–H and O–H groups in total. The van der Waals surface area contributed by atoms with Gasteiger partial charge in [0.1, 0.15) is 5.60 Å². The Labute approximate surface area is 75.5 Å². The molecule has 0 fully saturated rings. The standard InChI is InChI=1S/C8H11NO2S/c1-8(2,3)11-7(10)6-4-5-12-9-6/h4-5H,1-3H3. The molecule has 0 aliphatic carbocycles. The molecule has 0 bridgehead atoms. The average molecular weight is 185 g/mol. The van der Waals surface area contributed by atoms with E-state index in [4.69, 9.17) is 4.74 Å². The van der Waals surface area contributed by atoms with Crippen LogP contribution in [0.25, 0.3) is 0 Å². The number of hydrogen-bond donors (Lipinski definition) is 0. The third kappa shape index (κ3) is 2.62. The van der Waals surface area contributed by atoms with E-state index >= 15 is 0 Å². The molecule has 1 aromatic heterocycles. The SMILES string of the molecule is CC(C)(C)OC(=O)c1ccsn1. The van der Waals surface area contributed by atoms with Gasteiger partial charge < -0.3 is 4.74 Å². The zero-order chi connectivity index (χ0) is 9.19. The van der Waals surface area contributed by atoms with Crippen LogP contribution in [0.2, 0.25) is 0 Å². The topological polar surface area (TPSA) is 39.2 Å². The van der Waals surface area contributed by atoms with Crippen LogP contribution in [0, 0.1) is 0 Å². The molecule has 0 aliphatic heterocycles. The summed E-state index contributed by atoms with van der Waals surface area (Å²) >= 11 is 1.24. The first kappa shape index (κ1) is 9.19. The zero-order valence-electron chi connectivity index (χ0n) is 7.33. The Morgan fingerprint density at radius 2 is 2.25 bits per heavy atom. The van der Waals surface area contributed by atoms with Crippen LogP contribution in [0.1, 0.15) is 31.3 Å². The lowest BCUT2D eigenvalue weighted by Gasteiger charge is -2.18. The second-order valence-electron chi connectivity index (χ2n) is 3.39. The van der Waals surface area contributed by atoms with E-state index in [0.29, 0.717) is 5.69 Å². The normalized spacial score (nSPS) is 11.2. The van der Waals surface area contributed by atoms with Crippen molar-refractivity contribution in [3.8, 4) is 0 Å². The van der Waals surface area contributed by atoms with Gasteiger partial charge in [-0.05, 0) is 38.4 Å². The summed E-state index contributed by atoms with van der Waals surface area (Å²) in [5.41, 5.74) is -0.0596. The molecule has 0 amide bonds. The van der Waals surface area contributed by atoms with Crippen molar-refractivity contribution in [2.45, 2.75) is 26.4 Å². The minimum Gasteiger partial charge on any atom is -0.455 e. The highest BCUT2D eigenvalue weighted by Crippen LogP contribution is 2.11. The first-order valence-electron chi connectivity index (χ1n) is 3.63. The fraction of sp³-hybridized carbons (Fsp3) is 0.500. The second kappa shape index (κ2) is 3.23. The Morgan fingerprint density at radius 3 is 2.67 bits per heavy atom. The van der Waals surface area contributed by atoms with Crippen molar-refractivity contribution in [1.29, 1.82) is 0 Å². The molecule has 0 atom stereocenters. The third-order valence-corrected chi connectivity index (χ3v) is 1.61. The number of esters is 1. The number of nitrogens with zero attached hydrogens (tertiary/aromatic N) is 1. The van der Waals surface area contributed by atoms with Gasteiger partial charge in [0.15, 0.2) is 5.69 Å². The first-order chi connectivity index (χ1) is 5.49. The number of hydrogen-bond acceptors (Lipinski definition) is 4. The predicted octanol–water partition coefficient (Wildman–Crippen LogP) is 2.10. The van der Waals surface area contributed by atoms with E-state index in [0.717, 1.165) is 0 Å². The van der Waals surface area contributed by atoms with Crippen LogP contribution in [-0.4, -0.2) is 15.9 Å². The summed E-state index contributed by atoms with van der Waals surface area (Å²) in [6.45, 7) is 5.49. The maximum absolute atomic E-state index is 11.2. The fourth-order valence-electron chi connectivity index (χ4n) is 0.648. The van der Waals surface area contributed by atoms with Gasteiger partial charge in [-0.25, -0.2) is 4.79 Å². The number of aromatic nitrogens is 1. The predicted molar refractivity (Wildman–Crippen MR) is 47.3 cm³/mol. The summed E-state index contributed by atoms with van der Waals surface area (Å²) in [4.78, 5) is 11.2. The maximum Gasteiger partial charge on any atom is 0.358 e. The fourth-order valence-corrected chi connectivity index (χ4v) is 1.15. The summed E-state index contributed by atoms with van der Waals surface area (Å²) < 4.78 is 8.95. The Morgan fingerprint density at radius 1 is 1.58 bits per heavy atom. The van der Waals surface area contributed by atoms with Crippen LogP contribution in [-0.2, 0) is 4.74 Å². The van der Waals surface area contributed by atoms with E-state index in [1.54, 1.807) is 11.4 Å². The van der Waals surface area contributed by atoms with E-state index in [1.807, 2.05) is 20.8 Å². The number of carbonyl (C=O) groups excluding carboxylic acids is 1. The van der Waals surface area contributed by atoms with E-state index in [2.05, 4.69) is 4.37 Å². The molecule has 0 spiro atoms. The van der Waals surface area contributed by atoms with Crippen LogP contribution < -0.4 is 0 Å². The zero-order valence-corrected chi connectivity index (χ0v) is 8.14. The molecule has 12 heavy (non-hydrogen) atoms. The van der Waals surface area contributed by atoms with Crippen molar-refractivity contribution in [2.75, 3.05) is 0 Å². The second-order valence-corrected chi connectivity index (χ2v) is 4.05. The summed E-state index contributed by atoms with van der Waals surface area (Å²) in [5, 5.41) is 1.75. The molecule has 0 saturated heterocycles. The Hall–Kier alpha value is -0.900. The Kier molecular flexibility index (Phi) is 2.47. The van der Waals surface area contributed by atoms with Crippen molar-refractivity contribution in [3.05, 3.63) is 17.1 Å². The third-order valence-electron chi connectivity index (χ3n) is 1.05. The lowest BCUT2D eigenvalue weighted by atomic mass is 10.2. The van der Waals surface area contributed by atoms with Gasteiger partial charge in [-0.3, -0.25) is 0 Å². The molecular formula is C8H11NO2S. The highest BCUT2D eigenvalue weighted by Gasteiger charge is 2.18. The maximum atomic E-state index is 11.2. The van der Waals surface area contributed by atoms with Crippen LogP contribution >= 0.6 is 11.5 Å². The van der Waals surface area contributed by atoms with Crippen LogP contribution in [0.3, 0.4) is 0 Å². The van der Waals surface area contributed by atoms with E-state index in [-0.39, 0.29) is 5.97 Å². The Bertz CT molecular complexity index is 261. The van der Waals surface area contributed by atoms with E-state index in [9.17, 15) is 4.79 Å². The molecule has 1 heterocycles. The molecule has 1 aromatic rings. The van der Waals surface area contributed by atoms with Crippen molar-refractivity contribution in [2.24, 2.45) is 0 Å². The van der Waals surface area contributed by atoms with Gasteiger partial charge in [0, 0.05) is 5.38 Å². The molecule has 0 unspecified atom stereocenters. The van der Waals surface area contributed by atoms with Crippen molar-refractivity contribution < 1.29 is 9.53 Å². The molecule has 0 saturated carbocycles. The van der Waals surface area contributed by atoms with E-state index < -0.39 is 5.60 Å². The average Bonchev–Trinajstić information content (AvgIpc) is 2.32. The van der Waals surface area contributed by atoms with Crippen LogP contribution in [0.4, 0.5) is 0 Å². The van der Waals surface area contributed by atoms with Crippen LogP contribution in [0.5, 0.6) is 0 Å². The number of carbonyl (C=O) groups is 1. The highest BCUT2D eigenvalue weighted by molar-refractivity contribution is 7.03. The van der Waals surface area contributed by atoms with Gasteiger partial charge in [0.25, 0.3) is 0 Å². The highest BCUT2D eigenvalue weighted by atomic mass is 32.1. The lowest BCUT2D eigenvalue weighted by molar-refractivity contribution is 0.00643. The summed E-state index contributed by atoms with van der Waals surface area (Å²) in [5.74, 6) is -0.358. The monoisotopic (exact) mass is 185 g/mol. The summed E-state index contributed by atoms with van der Waals surface area (Å²) in [6.07, 6.45) is 0. The van der Waals surface area contributed by atoms with Gasteiger partial charge in [-0.2, -0.15) is 4.37 Å². The number of ether oxygens (including phenoxy) is 1. The first-order valence-corrected chi connectivity index (χ1v) is 4.46. The number of rotatable bonds is 1. The van der Waals surface area contributed by atoms with Gasteiger partial charge in [-0.1, -0.05) is 0 Å². The Balaban J connectivity index is 2.63. The molecular weight excluding hydrogens is 174 g/mol. The molecule has 4 heteroatoms. The smallest absolute Gasteiger partial charge is 0.358 e. The molecule has 1 rings (SSSR count). The summed E-state index contributed by atoms with van der Waals surface area (Å²) in [7, 11) is 0. The van der Waals surface area contributed by atoms with Gasteiger partial charge >= 0.3 is 5.97 Å². The van der Waals surface area contributed by atoms with Crippen molar-refractivity contribution in [3.63, 3.8) is 0 Å². The van der Waals surface area contributed by atoms with Crippen molar-refractivity contribution in [1.82, 2.24) is 4.37 Å². The minimum absolute atomic E-state index is 0.358. The van der Waals surface area contributed by atoms with Gasteiger partial charge in [0.2, 0.25) is 0 Å². The van der Waals surface area contributed by atoms with Crippen molar-refractivity contribution >= 4 is 17.5 Å².